The van der Waals surface area contributed by atoms with Crippen LogP contribution in [0.15, 0.2) is 82.4 Å². The lowest BCUT2D eigenvalue weighted by Gasteiger charge is -2.11. The molecule has 2 amide bonds. The van der Waals surface area contributed by atoms with E-state index in [0.717, 1.165) is 10.2 Å². The highest BCUT2D eigenvalue weighted by Crippen LogP contribution is 2.24. The van der Waals surface area contributed by atoms with Gasteiger partial charge in [0, 0.05) is 15.8 Å². The number of ether oxygens (including phenoxy) is 1. The Hall–Kier alpha value is -3.70. The van der Waals surface area contributed by atoms with E-state index in [1.165, 1.54) is 30.0 Å². The summed E-state index contributed by atoms with van der Waals surface area (Å²) < 4.78 is 21.7. The number of nitrogens with one attached hydrogen (secondary N) is 2. The molecular weight excluding hydrogens is 549 g/mol. The second-order valence-electron chi connectivity index (χ2n) is 7.44. The van der Waals surface area contributed by atoms with Crippen LogP contribution in [0.4, 0.5) is 10.1 Å². The van der Waals surface area contributed by atoms with E-state index in [1.807, 2.05) is 24.3 Å². The van der Waals surface area contributed by atoms with Gasteiger partial charge in [0.15, 0.2) is 11.0 Å². The summed E-state index contributed by atoms with van der Waals surface area (Å²) in [5.41, 5.74) is 1.33. The molecule has 0 atom stereocenters. The smallest absolute Gasteiger partial charge is 0.254 e. The second-order valence-corrected chi connectivity index (χ2v) is 9.30. The molecule has 0 spiro atoms. The number of benzene rings is 3. The molecule has 2 N–H and O–H groups in total. The fourth-order valence-corrected chi connectivity index (χ4v) is 4.29. The summed E-state index contributed by atoms with van der Waals surface area (Å²) in [6, 6.07) is 20.2. The van der Waals surface area contributed by atoms with Gasteiger partial charge in [-0.15, -0.1) is 10.2 Å². The molecule has 1 heterocycles. The molecule has 0 saturated heterocycles. The fourth-order valence-electron chi connectivity index (χ4n) is 3.26. The molecule has 11 heteroatoms. The van der Waals surface area contributed by atoms with Crippen molar-refractivity contribution in [2.45, 2.75) is 11.7 Å². The Balaban J connectivity index is 1.49. The Bertz CT molecular complexity index is 1360. The minimum atomic E-state index is -0.608. The zero-order chi connectivity index (χ0) is 25.5. The number of halogens is 2. The Labute approximate surface area is 219 Å². The van der Waals surface area contributed by atoms with Gasteiger partial charge in [0.05, 0.1) is 25.0 Å². The van der Waals surface area contributed by atoms with Crippen LogP contribution in [0.5, 0.6) is 5.75 Å². The zero-order valence-electron chi connectivity index (χ0n) is 19.1. The highest BCUT2D eigenvalue weighted by molar-refractivity contribution is 9.10. The van der Waals surface area contributed by atoms with Gasteiger partial charge in [0.2, 0.25) is 5.91 Å². The van der Waals surface area contributed by atoms with Crippen LogP contribution < -0.4 is 15.4 Å². The van der Waals surface area contributed by atoms with Crippen LogP contribution in [0, 0.1) is 5.82 Å². The summed E-state index contributed by atoms with van der Waals surface area (Å²) in [7, 11) is 1.57. The first-order valence-corrected chi connectivity index (χ1v) is 12.5. The molecule has 36 heavy (non-hydrogen) atoms. The third-order valence-electron chi connectivity index (χ3n) is 5.02. The van der Waals surface area contributed by atoms with Crippen molar-refractivity contribution in [1.82, 2.24) is 20.1 Å². The standard InChI is InChI=1S/C25H21BrFN5O3S/c1-35-19-12-8-17(9-13-19)29-23(33)15-36-25-31-30-22(32(25)18-10-6-16(26)7-11-18)14-28-24(34)20-4-2-3-5-21(20)27/h2-13H,14-15H2,1H3,(H,28,34)(H,29,33). The van der Waals surface area contributed by atoms with Gasteiger partial charge >= 0.3 is 0 Å². The molecule has 184 valence electrons. The van der Waals surface area contributed by atoms with Gasteiger partial charge in [-0.3, -0.25) is 14.2 Å². The molecule has 0 aliphatic carbocycles. The van der Waals surface area contributed by atoms with E-state index in [0.29, 0.717) is 22.4 Å². The zero-order valence-corrected chi connectivity index (χ0v) is 21.5. The van der Waals surface area contributed by atoms with Crippen molar-refractivity contribution in [1.29, 1.82) is 0 Å². The number of aromatic nitrogens is 3. The lowest BCUT2D eigenvalue weighted by molar-refractivity contribution is -0.113. The van der Waals surface area contributed by atoms with Crippen LogP contribution in [0.2, 0.25) is 0 Å². The van der Waals surface area contributed by atoms with Gasteiger partial charge in [-0.1, -0.05) is 39.8 Å². The van der Waals surface area contributed by atoms with E-state index in [-0.39, 0.29) is 23.8 Å². The molecule has 8 nitrogen and oxygen atoms in total. The highest BCUT2D eigenvalue weighted by Gasteiger charge is 2.18. The first kappa shape index (κ1) is 25.4. The Morgan fingerprint density at radius 1 is 1.03 bits per heavy atom. The highest BCUT2D eigenvalue weighted by atomic mass is 79.9. The van der Waals surface area contributed by atoms with Crippen molar-refractivity contribution < 1.29 is 18.7 Å². The SMILES string of the molecule is COc1ccc(NC(=O)CSc2nnc(CNC(=O)c3ccccc3F)n2-c2ccc(Br)cc2)cc1. The van der Waals surface area contributed by atoms with Crippen molar-refractivity contribution in [3.05, 3.63) is 94.5 Å². The Morgan fingerprint density at radius 2 is 1.75 bits per heavy atom. The number of amides is 2. The largest absolute Gasteiger partial charge is 0.497 e. The molecule has 1 aromatic heterocycles. The topological polar surface area (TPSA) is 98.1 Å². The second kappa shape index (κ2) is 11.8. The predicted molar refractivity (Wildman–Crippen MR) is 139 cm³/mol. The fraction of sp³-hybridized carbons (Fsp3) is 0.120. The minimum absolute atomic E-state index is 0.00877. The van der Waals surface area contributed by atoms with Crippen molar-refractivity contribution in [3.63, 3.8) is 0 Å². The molecule has 4 rings (SSSR count). The number of anilines is 1. The number of nitrogens with zero attached hydrogens (tertiary/aromatic N) is 3. The summed E-state index contributed by atoms with van der Waals surface area (Å²) in [4.78, 5) is 25.0. The van der Waals surface area contributed by atoms with E-state index >= 15 is 0 Å². The summed E-state index contributed by atoms with van der Waals surface area (Å²) in [6.07, 6.45) is 0. The van der Waals surface area contributed by atoms with Gasteiger partial charge in [0.25, 0.3) is 5.91 Å². The maximum Gasteiger partial charge on any atom is 0.254 e. The van der Waals surface area contributed by atoms with E-state index in [9.17, 15) is 14.0 Å². The number of methoxy groups -OCH3 is 1. The first-order chi connectivity index (χ1) is 17.4. The molecule has 0 aliphatic rings. The summed E-state index contributed by atoms with van der Waals surface area (Å²) in [6.45, 7) is 0.00877. The molecule has 0 radical (unpaired) electrons. The molecule has 4 aromatic rings. The number of hydrogen-bond acceptors (Lipinski definition) is 6. The molecule has 3 aromatic carbocycles. The van der Waals surface area contributed by atoms with Crippen molar-refractivity contribution in [2.75, 3.05) is 18.2 Å². The third-order valence-corrected chi connectivity index (χ3v) is 6.47. The van der Waals surface area contributed by atoms with Crippen molar-refractivity contribution >= 4 is 45.2 Å². The quantitative estimate of drug-likeness (QED) is 0.280. The van der Waals surface area contributed by atoms with Gasteiger partial charge in [0.1, 0.15) is 11.6 Å². The molecule has 0 fully saturated rings. The van der Waals surface area contributed by atoms with Crippen LogP contribution in [0.3, 0.4) is 0 Å². The van der Waals surface area contributed by atoms with Crippen molar-refractivity contribution in [3.8, 4) is 11.4 Å². The average Bonchev–Trinajstić information content (AvgIpc) is 3.30. The summed E-state index contributed by atoms with van der Waals surface area (Å²) in [5.74, 6) is -0.179. The summed E-state index contributed by atoms with van der Waals surface area (Å²) in [5, 5.41) is 14.4. The van der Waals surface area contributed by atoms with E-state index in [1.54, 1.807) is 42.0 Å². The lowest BCUT2D eigenvalue weighted by atomic mass is 10.2. The van der Waals surface area contributed by atoms with Crippen LogP contribution >= 0.6 is 27.7 Å². The van der Waals surface area contributed by atoms with E-state index in [2.05, 4.69) is 36.8 Å². The third kappa shape index (κ3) is 6.29. The number of carbonyl (C=O) groups is 2. The number of carbonyl (C=O) groups excluding carboxylic acids is 2. The van der Waals surface area contributed by atoms with E-state index in [4.69, 9.17) is 4.74 Å². The van der Waals surface area contributed by atoms with Gasteiger partial charge in [-0.05, 0) is 60.7 Å². The molecular formula is C25H21BrFN5O3S. The average molecular weight is 570 g/mol. The maximum absolute atomic E-state index is 14.0. The van der Waals surface area contributed by atoms with E-state index < -0.39 is 11.7 Å². The first-order valence-electron chi connectivity index (χ1n) is 10.7. The normalized spacial score (nSPS) is 10.6. The van der Waals surface area contributed by atoms with Crippen LogP contribution in [-0.4, -0.2) is 39.4 Å². The Morgan fingerprint density at radius 3 is 2.44 bits per heavy atom. The van der Waals surface area contributed by atoms with Crippen LogP contribution in [-0.2, 0) is 11.3 Å². The molecule has 0 aliphatic heterocycles. The lowest BCUT2D eigenvalue weighted by Crippen LogP contribution is -2.25. The predicted octanol–water partition coefficient (Wildman–Crippen LogP) is 4.84. The van der Waals surface area contributed by atoms with Crippen molar-refractivity contribution in [2.24, 2.45) is 0 Å². The van der Waals surface area contributed by atoms with Gasteiger partial charge < -0.3 is 15.4 Å². The van der Waals surface area contributed by atoms with Crippen LogP contribution in [0.25, 0.3) is 5.69 Å². The number of thioether (sulfide) groups is 1. The number of rotatable bonds is 9. The molecule has 0 bridgehead atoms. The van der Waals surface area contributed by atoms with Gasteiger partial charge in [-0.2, -0.15) is 0 Å². The van der Waals surface area contributed by atoms with Gasteiger partial charge in [-0.25, -0.2) is 4.39 Å². The van der Waals surface area contributed by atoms with Crippen LogP contribution in [0.1, 0.15) is 16.2 Å². The summed E-state index contributed by atoms with van der Waals surface area (Å²) >= 11 is 4.62. The molecule has 0 unspecified atom stereocenters. The minimum Gasteiger partial charge on any atom is -0.497 e. The Kier molecular flexibility index (Phi) is 8.34. The maximum atomic E-state index is 14.0. The number of hydrogen-bond donors (Lipinski definition) is 2. The monoisotopic (exact) mass is 569 g/mol. The molecule has 0 saturated carbocycles.